The van der Waals surface area contributed by atoms with Gasteiger partial charge in [0, 0.05) is 41.7 Å². The first-order valence-corrected chi connectivity index (χ1v) is 8.63. The van der Waals surface area contributed by atoms with Crippen molar-refractivity contribution in [3.05, 3.63) is 48.2 Å². The van der Waals surface area contributed by atoms with Crippen LogP contribution in [0.4, 0.5) is 16.3 Å². The van der Waals surface area contributed by atoms with Crippen LogP contribution in [0.2, 0.25) is 0 Å². The second-order valence-electron chi connectivity index (χ2n) is 5.17. The van der Waals surface area contributed by atoms with Crippen molar-refractivity contribution in [3.63, 3.8) is 0 Å². The number of pyridine rings is 1. The molecule has 2 rings (SSSR count). The number of urea groups is 1. The average molecular weight is 332 g/mol. The summed E-state index contributed by atoms with van der Waals surface area (Å²) in [7, 11) is 2.81. The second-order valence-corrected chi connectivity index (χ2v) is 6.55. The first kappa shape index (κ1) is 17.0. The third-order valence-corrected chi connectivity index (χ3v) is 4.06. The van der Waals surface area contributed by atoms with Gasteiger partial charge in [0.25, 0.3) is 0 Å². The number of rotatable bonds is 5. The normalized spacial score (nSPS) is 11.6. The molecular formula is C16H20N4O2S. The molecule has 0 spiro atoms. The minimum Gasteiger partial charge on any atom is -0.363 e. The Balaban J connectivity index is 1.90. The summed E-state index contributed by atoms with van der Waals surface area (Å²) in [6, 6.07) is 12.3. The van der Waals surface area contributed by atoms with Gasteiger partial charge in [-0.2, -0.15) is 0 Å². The predicted octanol–water partition coefficient (Wildman–Crippen LogP) is 2.21. The molecule has 23 heavy (non-hydrogen) atoms. The number of nitrogens with zero attached hydrogens (tertiary/aromatic N) is 2. The molecule has 1 aromatic carbocycles. The van der Waals surface area contributed by atoms with E-state index >= 15 is 0 Å². The van der Waals surface area contributed by atoms with Crippen molar-refractivity contribution in [1.29, 1.82) is 0 Å². The number of aromatic nitrogens is 1. The Labute approximate surface area is 138 Å². The number of anilines is 2. The summed E-state index contributed by atoms with van der Waals surface area (Å²) in [5.41, 5.74) is 1.43. The van der Waals surface area contributed by atoms with Gasteiger partial charge in [-0.05, 0) is 36.4 Å². The van der Waals surface area contributed by atoms with Crippen LogP contribution < -0.4 is 15.5 Å². The Kier molecular flexibility index (Phi) is 5.70. The highest BCUT2D eigenvalue weighted by Gasteiger charge is 2.04. The van der Waals surface area contributed by atoms with Gasteiger partial charge in [0.05, 0.1) is 12.2 Å². The Morgan fingerprint density at radius 2 is 1.87 bits per heavy atom. The van der Waals surface area contributed by atoms with Crippen molar-refractivity contribution in [3.8, 4) is 0 Å². The van der Waals surface area contributed by atoms with E-state index in [1.165, 1.54) is 0 Å². The molecule has 2 N–H and O–H groups in total. The highest BCUT2D eigenvalue weighted by Crippen LogP contribution is 2.12. The molecule has 1 heterocycles. The standard InChI is InChI=1S/C16H20N4O2S/c1-20(2)15-6-4-5-13(18-15)11-17-16(21)19-12-7-9-14(10-8-12)23(3)22/h4-10H,11H2,1-3H3,(H2,17,19,21)/t23-/m0/s1. The summed E-state index contributed by atoms with van der Waals surface area (Å²) in [4.78, 5) is 19.0. The summed E-state index contributed by atoms with van der Waals surface area (Å²) >= 11 is 0. The minimum atomic E-state index is -1.03. The maximum atomic E-state index is 11.9. The fourth-order valence-corrected chi connectivity index (χ4v) is 2.41. The molecule has 6 nitrogen and oxygen atoms in total. The highest BCUT2D eigenvalue weighted by atomic mass is 32.2. The summed E-state index contributed by atoms with van der Waals surface area (Å²) in [6.45, 7) is 0.338. The van der Waals surface area contributed by atoms with E-state index in [1.807, 2.05) is 37.2 Å². The maximum Gasteiger partial charge on any atom is 0.319 e. The Morgan fingerprint density at radius 1 is 1.17 bits per heavy atom. The molecule has 7 heteroatoms. The van der Waals surface area contributed by atoms with Gasteiger partial charge in [0.2, 0.25) is 0 Å². The van der Waals surface area contributed by atoms with Gasteiger partial charge in [-0.3, -0.25) is 4.21 Å². The summed E-state index contributed by atoms with van der Waals surface area (Å²) < 4.78 is 11.3. The van der Waals surface area contributed by atoms with Crippen LogP contribution in [-0.4, -0.2) is 35.6 Å². The number of carbonyl (C=O) groups excluding carboxylic acids is 1. The zero-order valence-corrected chi connectivity index (χ0v) is 14.2. The van der Waals surface area contributed by atoms with Crippen LogP contribution in [0.1, 0.15) is 5.69 Å². The van der Waals surface area contributed by atoms with Crippen molar-refractivity contribution in [2.75, 3.05) is 30.6 Å². The zero-order valence-electron chi connectivity index (χ0n) is 13.4. The number of amides is 2. The molecule has 0 aliphatic rings. The van der Waals surface area contributed by atoms with Gasteiger partial charge in [-0.15, -0.1) is 0 Å². The quantitative estimate of drug-likeness (QED) is 0.880. The monoisotopic (exact) mass is 332 g/mol. The Morgan fingerprint density at radius 3 is 2.48 bits per heavy atom. The fourth-order valence-electron chi connectivity index (χ4n) is 1.89. The lowest BCUT2D eigenvalue weighted by Crippen LogP contribution is -2.28. The van der Waals surface area contributed by atoms with Crippen LogP contribution in [0.15, 0.2) is 47.4 Å². The second kappa shape index (κ2) is 7.73. The summed E-state index contributed by atoms with van der Waals surface area (Å²) in [5, 5.41) is 5.49. The molecule has 0 fully saturated rings. The first-order valence-electron chi connectivity index (χ1n) is 7.07. The van der Waals surface area contributed by atoms with E-state index < -0.39 is 10.8 Å². The van der Waals surface area contributed by atoms with Crippen LogP contribution >= 0.6 is 0 Å². The molecule has 1 aromatic heterocycles. The van der Waals surface area contributed by atoms with Gasteiger partial charge in [-0.25, -0.2) is 9.78 Å². The Bertz CT molecular complexity index is 701. The molecule has 122 valence electrons. The number of nitrogens with one attached hydrogen (secondary N) is 2. The van der Waals surface area contributed by atoms with E-state index in [1.54, 1.807) is 30.5 Å². The van der Waals surface area contributed by atoms with E-state index in [0.29, 0.717) is 12.2 Å². The molecule has 0 radical (unpaired) electrons. The summed E-state index contributed by atoms with van der Waals surface area (Å²) in [5.74, 6) is 0.841. The molecular weight excluding hydrogens is 312 g/mol. The van der Waals surface area contributed by atoms with Crippen molar-refractivity contribution in [2.45, 2.75) is 11.4 Å². The van der Waals surface area contributed by atoms with Crippen LogP contribution in [0.5, 0.6) is 0 Å². The minimum absolute atomic E-state index is 0.313. The SMILES string of the molecule is CN(C)c1cccc(CNC(=O)Nc2ccc([S@](C)=O)cc2)n1. The maximum absolute atomic E-state index is 11.9. The fraction of sp³-hybridized carbons (Fsp3) is 0.250. The van der Waals surface area contributed by atoms with Gasteiger partial charge in [0.1, 0.15) is 5.82 Å². The predicted molar refractivity (Wildman–Crippen MR) is 93.2 cm³/mol. The number of carbonyl (C=O) groups is 1. The van der Waals surface area contributed by atoms with Crippen molar-refractivity contribution in [2.24, 2.45) is 0 Å². The Hall–Kier alpha value is -2.41. The number of benzene rings is 1. The third kappa shape index (κ3) is 5.07. The summed E-state index contributed by atoms with van der Waals surface area (Å²) in [6.07, 6.45) is 1.62. The zero-order chi connectivity index (χ0) is 16.8. The molecule has 1 atom stereocenters. The number of hydrogen-bond donors (Lipinski definition) is 2. The number of hydrogen-bond acceptors (Lipinski definition) is 4. The third-order valence-electron chi connectivity index (χ3n) is 3.12. The first-order chi connectivity index (χ1) is 11.0. The average Bonchev–Trinajstić information content (AvgIpc) is 2.53. The van der Waals surface area contributed by atoms with E-state index in [0.717, 1.165) is 16.4 Å². The molecule has 0 aliphatic heterocycles. The van der Waals surface area contributed by atoms with E-state index in [9.17, 15) is 9.00 Å². The van der Waals surface area contributed by atoms with Crippen molar-refractivity contribution in [1.82, 2.24) is 10.3 Å². The smallest absolute Gasteiger partial charge is 0.319 e. The molecule has 2 amide bonds. The van der Waals surface area contributed by atoms with Crippen molar-refractivity contribution >= 4 is 28.3 Å². The van der Waals surface area contributed by atoms with Crippen molar-refractivity contribution < 1.29 is 9.00 Å². The van der Waals surface area contributed by atoms with Crippen LogP contribution in [0, 0.1) is 0 Å². The molecule has 0 aliphatic carbocycles. The van der Waals surface area contributed by atoms with Gasteiger partial charge < -0.3 is 15.5 Å². The van der Waals surface area contributed by atoms with Crippen LogP contribution in [0.25, 0.3) is 0 Å². The lowest BCUT2D eigenvalue weighted by atomic mass is 10.3. The lowest BCUT2D eigenvalue weighted by Gasteiger charge is -2.13. The molecule has 0 unspecified atom stereocenters. The highest BCUT2D eigenvalue weighted by molar-refractivity contribution is 7.84. The van der Waals surface area contributed by atoms with Gasteiger partial charge in [0.15, 0.2) is 0 Å². The molecule has 0 bridgehead atoms. The van der Waals surface area contributed by atoms with E-state index in [-0.39, 0.29) is 6.03 Å². The van der Waals surface area contributed by atoms with Crippen LogP contribution in [-0.2, 0) is 17.3 Å². The van der Waals surface area contributed by atoms with Gasteiger partial charge in [-0.1, -0.05) is 6.07 Å². The lowest BCUT2D eigenvalue weighted by molar-refractivity contribution is 0.251. The topological polar surface area (TPSA) is 74.3 Å². The van der Waals surface area contributed by atoms with Crippen LogP contribution in [0.3, 0.4) is 0 Å². The van der Waals surface area contributed by atoms with E-state index in [2.05, 4.69) is 15.6 Å². The van der Waals surface area contributed by atoms with Gasteiger partial charge >= 0.3 is 6.03 Å². The molecule has 0 saturated carbocycles. The largest absolute Gasteiger partial charge is 0.363 e. The molecule has 0 saturated heterocycles. The molecule has 2 aromatic rings. The van der Waals surface area contributed by atoms with E-state index in [4.69, 9.17) is 0 Å².